The predicted molar refractivity (Wildman–Crippen MR) is 124 cm³/mol. The van der Waals surface area contributed by atoms with Gasteiger partial charge in [0, 0.05) is 45.2 Å². The Hall–Kier alpha value is -0.0800. The summed E-state index contributed by atoms with van der Waals surface area (Å²) in [5.41, 5.74) is 0. The molecule has 2 saturated heterocycles. The fourth-order valence-electron chi connectivity index (χ4n) is 5.06. The summed E-state index contributed by atoms with van der Waals surface area (Å²) in [6.45, 7) is 9.73. The number of guanidine groups is 1. The van der Waals surface area contributed by atoms with Crippen LogP contribution in [-0.2, 0) is 4.74 Å². The molecule has 0 aromatic carbocycles. The smallest absolute Gasteiger partial charge is 0.193 e. The lowest BCUT2D eigenvalue weighted by atomic mass is 9.89. The van der Waals surface area contributed by atoms with Crippen molar-refractivity contribution < 1.29 is 4.74 Å². The zero-order valence-electron chi connectivity index (χ0n) is 17.5. The number of hydrogen-bond acceptors (Lipinski definition) is 3. The molecule has 2 unspecified atom stereocenters. The number of nitrogens with zero attached hydrogens (tertiary/aromatic N) is 3. The van der Waals surface area contributed by atoms with Crippen LogP contribution >= 0.6 is 24.0 Å². The molecule has 0 aromatic rings. The van der Waals surface area contributed by atoms with Crippen molar-refractivity contribution in [2.45, 2.75) is 64.3 Å². The van der Waals surface area contributed by atoms with Gasteiger partial charge < -0.3 is 15.0 Å². The van der Waals surface area contributed by atoms with Gasteiger partial charge in [0.1, 0.15) is 0 Å². The van der Waals surface area contributed by atoms with Crippen LogP contribution in [-0.4, -0.2) is 74.8 Å². The van der Waals surface area contributed by atoms with E-state index in [1.807, 2.05) is 7.11 Å². The average Bonchev–Trinajstić information content (AvgIpc) is 3.30. The quantitative estimate of drug-likeness (QED) is 0.335. The number of halogens is 1. The molecule has 0 amide bonds. The van der Waals surface area contributed by atoms with E-state index < -0.39 is 0 Å². The molecule has 3 aliphatic rings. The third-order valence-electron chi connectivity index (χ3n) is 6.49. The van der Waals surface area contributed by atoms with Gasteiger partial charge in [-0.2, -0.15) is 0 Å². The Morgan fingerprint density at radius 2 is 1.85 bits per heavy atom. The number of hydrogen-bond donors (Lipinski definition) is 1. The molecule has 158 valence electrons. The van der Waals surface area contributed by atoms with Crippen molar-refractivity contribution in [1.29, 1.82) is 0 Å². The molecule has 2 aliphatic heterocycles. The second-order valence-electron chi connectivity index (χ2n) is 8.55. The van der Waals surface area contributed by atoms with E-state index >= 15 is 0 Å². The molecule has 0 aromatic heterocycles. The second kappa shape index (κ2) is 12.5. The highest BCUT2D eigenvalue weighted by molar-refractivity contribution is 14.0. The van der Waals surface area contributed by atoms with E-state index in [2.05, 4.69) is 22.0 Å². The lowest BCUT2D eigenvalue weighted by Crippen LogP contribution is -2.42. The van der Waals surface area contributed by atoms with Gasteiger partial charge in [0.25, 0.3) is 0 Å². The fourth-order valence-corrected chi connectivity index (χ4v) is 5.06. The Balaban J connectivity index is 0.00000261. The first-order chi connectivity index (χ1) is 12.8. The third-order valence-corrected chi connectivity index (χ3v) is 6.49. The lowest BCUT2D eigenvalue weighted by molar-refractivity contribution is 0.157. The van der Waals surface area contributed by atoms with E-state index in [1.165, 1.54) is 64.5 Å². The molecule has 6 heteroatoms. The van der Waals surface area contributed by atoms with Crippen molar-refractivity contribution >= 4 is 29.9 Å². The van der Waals surface area contributed by atoms with Crippen LogP contribution in [0.1, 0.15) is 58.3 Å². The van der Waals surface area contributed by atoms with Gasteiger partial charge in [-0.3, -0.25) is 9.89 Å². The van der Waals surface area contributed by atoms with Crippen LogP contribution in [0.5, 0.6) is 0 Å². The first-order valence-corrected chi connectivity index (χ1v) is 11.1. The van der Waals surface area contributed by atoms with Crippen LogP contribution in [0, 0.1) is 11.8 Å². The third kappa shape index (κ3) is 7.03. The molecule has 0 spiro atoms. The van der Waals surface area contributed by atoms with Crippen molar-refractivity contribution in [1.82, 2.24) is 15.1 Å². The molecular formula is C21H41IN4O. The number of methoxy groups -OCH3 is 1. The highest BCUT2D eigenvalue weighted by Crippen LogP contribution is 2.27. The summed E-state index contributed by atoms with van der Waals surface area (Å²) in [6, 6.07) is 0.656. The Kier molecular flexibility index (Phi) is 10.7. The monoisotopic (exact) mass is 492 g/mol. The highest BCUT2D eigenvalue weighted by Gasteiger charge is 2.28. The van der Waals surface area contributed by atoms with Gasteiger partial charge >= 0.3 is 0 Å². The van der Waals surface area contributed by atoms with Crippen molar-refractivity contribution in [2.75, 3.05) is 53.0 Å². The second-order valence-corrected chi connectivity index (χ2v) is 8.55. The maximum atomic E-state index is 5.35. The number of ether oxygens (including phenoxy) is 1. The molecule has 3 fully saturated rings. The summed E-state index contributed by atoms with van der Waals surface area (Å²) in [5.74, 6) is 2.71. The van der Waals surface area contributed by atoms with Gasteiger partial charge in [-0.05, 0) is 51.5 Å². The lowest BCUT2D eigenvalue weighted by Gasteiger charge is -2.30. The molecule has 1 N–H and O–H groups in total. The van der Waals surface area contributed by atoms with E-state index in [0.717, 1.165) is 44.7 Å². The molecule has 2 heterocycles. The minimum Gasteiger partial charge on any atom is -0.384 e. The summed E-state index contributed by atoms with van der Waals surface area (Å²) < 4.78 is 5.35. The predicted octanol–water partition coefficient (Wildman–Crippen LogP) is 3.58. The summed E-state index contributed by atoms with van der Waals surface area (Å²) in [6.07, 6.45) is 11.1. The molecular weight excluding hydrogens is 451 g/mol. The van der Waals surface area contributed by atoms with Crippen LogP contribution in [0.25, 0.3) is 0 Å². The SMILES string of the molecule is CCNC(=NCC1CCCN1CC1CCCCC1)N1CCC(COC)C1.I. The fraction of sp³-hybridized carbons (Fsp3) is 0.952. The Morgan fingerprint density at radius 3 is 2.59 bits per heavy atom. The number of likely N-dealkylation sites (tertiary alicyclic amines) is 2. The summed E-state index contributed by atoms with van der Waals surface area (Å²) in [4.78, 5) is 10.3. The first kappa shape index (κ1) is 23.2. The topological polar surface area (TPSA) is 40.1 Å². The van der Waals surface area contributed by atoms with Gasteiger partial charge in [0.2, 0.25) is 0 Å². The molecule has 0 radical (unpaired) electrons. The Morgan fingerprint density at radius 1 is 1.04 bits per heavy atom. The molecule has 5 nitrogen and oxygen atoms in total. The van der Waals surface area contributed by atoms with E-state index in [1.54, 1.807) is 0 Å². The van der Waals surface area contributed by atoms with E-state index in [0.29, 0.717) is 12.0 Å². The van der Waals surface area contributed by atoms with Crippen molar-refractivity contribution in [3.8, 4) is 0 Å². The average molecular weight is 492 g/mol. The van der Waals surface area contributed by atoms with Crippen LogP contribution in [0.3, 0.4) is 0 Å². The minimum atomic E-state index is 0. The highest BCUT2D eigenvalue weighted by atomic mass is 127. The molecule has 1 aliphatic carbocycles. The van der Waals surface area contributed by atoms with Gasteiger partial charge in [0.15, 0.2) is 5.96 Å². The van der Waals surface area contributed by atoms with Gasteiger partial charge in [-0.15, -0.1) is 24.0 Å². The standard InChI is InChI=1S/C21H40N4O.HI/c1-3-22-21(25-13-11-19(16-25)17-26-2)23-14-20-10-7-12-24(20)15-18-8-5-4-6-9-18;/h18-20H,3-17H2,1-2H3,(H,22,23);1H. The van der Waals surface area contributed by atoms with E-state index in [9.17, 15) is 0 Å². The Bertz CT molecular complexity index is 442. The van der Waals surface area contributed by atoms with Crippen molar-refractivity contribution in [3.63, 3.8) is 0 Å². The largest absolute Gasteiger partial charge is 0.384 e. The number of aliphatic imine (C=N–C) groups is 1. The van der Waals surface area contributed by atoms with Gasteiger partial charge in [-0.1, -0.05) is 19.3 Å². The van der Waals surface area contributed by atoms with Crippen LogP contribution in [0.4, 0.5) is 0 Å². The summed E-state index contributed by atoms with van der Waals surface area (Å²) in [7, 11) is 1.81. The summed E-state index contributed by atoms with van der Waals surface area (Å²) in [5, 5.41) is 3.52. The number of nitrogens with one attached hydrogen (secondary N) is 1. The van der Waals surface area contributed by atoms with Crippen LogP contribution < -0.4 is 5.32 Å². The zero-order chi connectivity index (χ0) is 18.2. The normalized spacial score (nSPS) is 27.8. The molecule has 0 bridgehead atoms. The molecule has 1 saturated carbocycles. The Labute approximate surface area is 183 Å². The van der Waals surface area contributed by atoms with E-state index in [4.69, 9.17) is 9.73 Å². The van der Waals surface area contributed by atoms with E-state index in [-0.39, 0.29) is 24.0 Å². The van der Waals surface area contributed by atoms with Crippen molar-refractivity contribution in [2.24, 2.45) is 16.8 Å². The van der Waals surface area contributed by atoms with Gasteiger partial charge in [0.05, 0.1) is 13.2 Å². The van der Waals surface area contributed by atoms with Crippen LogP contribution in [0.15, 0.2) is 4.99 Å². The van der Waals surface area contributed by atoms with Gasteiger partial charge in [-0.25, -0.2) is 0 Å². The maximum Gasteiger partial charge on any atom is 0.193 e. The molecule has 3 rings (SSSR count). The first-order valence-electron chi connectivity index (χ1n) is 11.1. The van der Waals surface area contributed by atoms with Crippen molar-refractivity contribution in [3.05, 3.63) is 0 Å². The summed E-state index contributed by atoms with van der Waals surface area (Å²) >= 11 is 0. The molecule has 2 atom stereocenters. The van der Waals surface area contributed by atoms with Crippen LogP contribution in [0.2, 0.25) is 0 Å². The maximum absolute atomic E-state index is 5.35. The molecule has 27 heavy (non-hydrogen) atoms. The minimum absolute atomic E-state index is 0. The zero-order valence-corrected chi connectivity index (χ0v) is 19.8. The number of rotatable bonds is 7.